The minimum Gasteiger partial charge on any atom is -0.370 e. The number of ether oxygens (including phenoxy) is 1. The molecule has 0 spiro atoms. The fourth-order valence-electron chi connectivity index (χ4n) is 4.06. The summed E-state index contributed by atoms with van der Waals surface area (Å²) in [7, 11) is 0. The first kappa shape index (κ1) is 22.6. The number of fused-ring (bicyclic) bond motifs is 3. The van der Waals surface area contributed by atoms with Crippen molar-refractivity contribution in [3.05, 3.63) is 50.6 Å². The molecule has 31 heavy (non-hydrogen) atoms. The van der Waals surface area contributed by atoms with Gasteiger partial charge in [0.05, 0.1) is 23.3 Å². The van der Waals surface area contributed by atoms with E-state index >= 15 is 0 Å². The maximum atomic E-state index is 13.8. The van der Waals surface area contributed by atoms with Crippen LogP contribution in [0.25, 0.3) is 15.9 Å². The number of nitrogens with zero attached hydrogens (tertiary/aromatic N) is 2. The Morgan fingerprint density at radius 1 is 1.16 bits per heavy atom. The molecule has 2 aromatic heterocycles. The van der Waals surface area contributed by atoms with Gasteiger partial charge in [-0.25, -0.2) is 4.98 Å². The average molecular weight is 457 g/mol. The summed E-state index contributed by atoms with van der Waals surface area (Å²) in [5, 5.41) is 1.58. The maximum Gasteiger partial charge on any atom is 0.267 e. The van der Waals surface area contributed by atoms with Crippen LogP contribution in [0.2, 0.25) is 0 Å². The van der Waals surface area contributed by atoms with Crippen LogP contribution in [-0.2, 0) is 17.8 Å². The molecule has 0 fully saturated rings. The van der Waals surface area contributed by atoms with Crippen molar-refractivity contribution in [3.63, 3.8) is 0 Å². The second-order valence-electron chi connectivity index (χ2n) is 9.04. The molecule has 166 valence electrons. The summed E-state index contributed by atoms with van der Waals surface area (Å²) < 4.78 is 7.83. The van der Waals surface area contributed by atoms with Gasteiger partial charge in [0, 0.05) is 17.1 Å². The van der Waals surface area contributed by atoms with Crippen LogP contribution in [0.15, 0.2) is 34.2 Å². The van der Waals surface area contributed by atoms with Gasteiger partial charge in [-0.05, 0) is 44.9 Å². The van der Waals surface area contributed by atoms with Gasteiger partial charge in [-0.3, -0.25) is 9.36 Å². The molecule has 0 atom stereocenters. The van der Waals surface area contributed by atoms with Gasteiger partial charge in [0.2, 0.25) is 0 Å². The molecular formula is C25H32N2O2S2. The zero-order valence-corrected chi connectivity index (χ0v) is 20.6. The van der Waals surface area contributed by atoms with Crippen LogP contribution in [0.4, 0.5) is 0 Å². The summed E-state index contributed by atoms with van der Waals surface area (Å²) in [6.45, 7) is 9.05. The maximum absolute atomic E-state index is 13.8. The van der Waals surface area contributed by atoms with Gasteiger partial charge in [-0.1, -0.05) is 62.1 Å². The fraction of sp³-hybridized carbons (Fsp3) is 0.520. The average Bonchev–Trinajstić information content (AvgIpc) is 3.08. The van der Waals surface area contributed by atoms with Gasteiger partial charge < -0.3 is 4.74 Å². The Morgan fingerprint density at radius 2 is 1.90 bits per heavy atom. The number of benzene rings is 1. The van der Waals surface area contributed by atoms with Crippen molar-refractivity contribution in [2.45, 2.75) is 83.6 Å². The van der Waals surface area contributed by atoms with Crippen LogP contribution < -0.4 is 5.56 Å². The van der Waals surface area contributed by atoms with E-state index in [-0.39, 0.29) is 11.2 Å². The molecule has 0 bridgehead atoms. The third-order valence-corrected chi connectivity index (χ3v) is 7.97. The van der Waals surface area contributed by atoms with Crippen LogP contribution in [-0.4, -0.2) is 20.9 Å². The lowest BCUT2D eigenvalue weighted by molar-refractivity contribution is -0.0379. The Balaban J connectivity index is 1.75. The van der Waals surface area contributed by atoms with Gasteiger partial charge in [0.25, 0.3) is 5.56 Å². The minimum atomic E-state index is -0.256. The number of thiophene rings is 1. The van der Waals surface area contributed by atoms with Gasteiger partial charge in [-0.15, -0.1) is 11.3 Å². The Hall–Kier alpha value is -1.63. The van der Waals surface area contributed by atoms with Crippen LogP contribution in [0.3, 0.4) is 0 Å². The number of thioether (sulfide) groups is 1. The molecule has 1 aromatic carbocycles. The van der Waals surface area contributed by atoms with E-state index in [4.69, 9.17) is 9.72 Å². The molecule has 4 nitrogen and oxygen atoms in total. The molecular weight excluding hydrogens is 424 g/mol. The van der Waals surface area contributed by atoms with Crippen molar-refractivity contribution < 1.29 is 4.74 Å². The Kier molecular flexibility index (Phi) is 6.89. The third-order valence-electron chi connectivity index (χ3n) is 5.85. The number of rotatable bonds is 8. The first-order valence-electron chi connectivity index (χ1n) is 11.3. The van der Waals surface area contributed by atoms with E-state index in [9.17, 15) is 4.79 Å². The van der Waals surface area contributed by atoms with Crippen molar-refractivity contribution in [1.82, 2.24) is 9.55 Å². The van der Waals surface area contributed by atoms with Gasteiger partial charge in [0.1, 0.15) is 4.83 Å². The Morgan fingerprint density at radius 3 is 2.65 bits per heavy atom. The van der Waals surface area contributed by atoms with E-state index in [1.54, 1.807) is 23.1 Å². The molecule has 1 aliphatic heterocycles. The largest absolute Gasteiger partial charge is 0.370 e. The molecule has 6 heteroatoms. The number of hydrogen-bond acceptors (Lipinski definition) is 5. The van der Waals surface area contributed by atoms with Gasteiger partial charge in [-0.2, -0.15) is 0 Å². The molecule has 0 saturated carbocycles. The summed E-state index contributed by atoms with van der Waals surface area (Å²) >= 11 is 3.33. The summed E-state index contributed by atoms with van der Waals surface area (Å²) in [5.41, 5.74) is 3.00. The highest BCUT2D eigenvalue weighted by molar-refractivity contribution is 7.99. The Bertz CT molecular complexity index is 1110. The summed E-state index contributed by atoms with van der Waals surface area (Å²) in [6.07, 6.45) is 6.95. The monoisotopic (exact) mass is 456 g/mol. The summed E-state index contributed by atoms with van der Waals surface area (Å²) in [4.78, 5) is 20.8. The number of aromatic nitrogens is 2. The van der Waals surface area contributed by atoms with Gasteiger partial charge in [0.15, 0.2) is 5.16 Å². The lowest BCUT2D eigenvalue weighted by Gasteiger charge is -2.29. The zero-order valence-electron chi connectivity index (χ0n) is 19.0. The number of aryl methyl sites for hydroxylation is 1. The first-order chi connectivity index (χ1) is 14.9. The van der Waals surface area contributed by atoms with Crippen molar-refractivity contribution >= 4 is 33.3 Å². The molecule has 3 aromatic rings. The molecule has 0 unspecified atom stereocenters. The van der Waals surface area contributed by atoms with Crippen LogP contribution in [0, 0.1) is 6.92 Å². The molecule has 0 N–H and O–H groups in total. The summed E-state index contributed by atoms with van der Waals surface area (Å²) in [6, 6.07) is 8.18. The lowest BCUT2D eigenvalue weighted by atomic mass is 9.94. The topological polar surface area (TPSA) is 44.1 Å². The standard InChI is InChI=1S/C25H32N2O2S2/c1-5-6-7-8-9-14-30-24-26-22-21(19-15-25(3,4)29-16-20(19)31-22)23(28)27(24)18-12-10-17(2)11-13-18/h10-13H,5-9,14-16H2,1-4H3. The minimum absolute atomic E-state index is 0.0533. The van der Waals surface area contributed by atoms with Crippen LogP contribution >= 0.6 is 23.1 Å². The number of unbranched alkanes of at least 4 members (excludes halogenated alkanes) is 4. The Labute approximate surface area is 193 Å². The van der Waals surface area contributed by atoms with E-state index in [2.05, 4.69) is 39.8 Å². The van der Waals surface area contributed by atoms with E-state index in [0.29, 0.717) is 6.61 Å². The van der Waals surface area contributed by atoms with Crippen LogP contribution in [0.1, 0.15) is 68.9 Å². The van der Waals surface area contributed by atoms with Crippen molar-refractivity contribution in [2.75, 3.05) is 5.75 Å². The lowest BCUT2D eigenvalue weighted by Crippen LogP contribution is -2.32. The quantitative estimate of drug-likeness (QED) is 0.216. The predicted octanol–water partition coefficient (Wildman–Crippen LogP) is 6.67. The second-order valence-corrected chi connectivity index (χ2v) is 11.2. The van der Waals surface area contributed by atoms with E-state index in [1.807, 2.05) is 16.7 Å². The third kappa shape index (κ3) is 4.91. The predicted molar refractivity (Wildman–Crippen MR) is 132 cm³/mol. The summed E-state index contributed by atoms with van der Waals surface area (Å²) in [5.74, 6) is 0.981. The van der Waals surface area contributed by atoms with E-state index in [1.165, 1.54) is 31.2 Å². The van der Waals surface area contributed by atoms with Crippen molar-refractivity contribution in [1.29, 1.82) is 0 Å². The first-order valence-corrected chi connectivity index (χ1v) is 13.1. The highest BCUT2D eigenvalue weighted by atomic mass is 32.2. The highest BCUT2D eigenvalue weighted by Crippen LogP contribution is 2.38. The van der Waals surface area contributed by atoms with Crippen molar-refractivity contribution in [3.8, 4) is 5.69 Å². The number of hydrogen-bond donors (Lipinski definition) is 0. The normalized spacial score (nSPS) is 15.4. The molecule has 0 saturated heterocycles. The SMILES string of the molecule is CCCCCCCSc1nc2sc3c(c2c(=O)n1-c1ccc(C)cc1)CC(C)(C)OC3. The van der Waals surface area contributed by atoms with E-state index < -0.39 is 0 Å². The zero-order chi connectivity index (χ0) is 22.0. The fourth-order valence-corrected chi connectivity index (χ4v) is 6.22. The molecule has 1 aliphatic rings. The van der Waals surface area contributed by atoms with Gasteiger partial charge >= 0.3 is 0 Å². The second kappa shape index (κ2) is 9.47. The molecule has 3 heterocycles. The smallest absolute Gasteiger partial charge is 0.267 e. The van der Waals surface area contributed by atoms with Crippen molar-refractivity contribution in [2.24, 2.45) is 0 Å². The molecule has 0 amide bonds. The molecule has 0 aliphatic carbocycles. The van der Waals surface area contributed by atoms with E-state index in [0.717, 1.165) is 50.1 Å². The van der Waals surface area contributed by atoms with Crippen LogP contribution in [0.5, 0.6) is 0 Å². The molecule has 4 rings (SSSR count). The molecule has 0 radical (unpaired) electrons. The highest BCUT2D eigenvalue weighted by Gasteiger charge is 2.31.